The molecule has 0 aliphatic carbocycles. The molecule has 18 heavy (non-hydrogen) atoms. The van der Waals surface area contributed by atoms with E-state index < -0.39 is 10.0 Å². The van der Waals surface area contributed by atoms with Gasteiger partial charge in [-0.25, -0.2) is 13.1 Å². The topological polar surface area (TPSA) is 97.1 Å². The standard InChI is InChI=1S/C10H18N4O3S/c1-8-13-10(14-17-8)6-12-18(15,16)7-9-2-4-11-5-3-9/h9,11-12H,2-7H2,1H3. The number of piperidine rings is 1. The first-order valence-corrected chi connectivity index (χ1v) is 7.67. The van der Waals surface area contributed by atoms with E-state index in [0.29, 0.717) is 11.7 Å². The second-order valence-electron chi connectivity index (χ2n) is 4.53. The molecule has 0 saturated carbocycles. The first-order chi connectivity index (χ1) is 8.55. The Kier molecular flexibility index (Phi) is 4.31. The number of aryl methyl sites for hydroxylation is 1. The van der Waals surface area contributed by atoms with Crippen molar-refractivity contribution in [2.24, 2.45) is 5.92 Å². The molecular weight excluding hydrogens is 256 g/mol. The SMILES string of the molecule is Cc1nc(CNS(=O)(=O)CC2CCNCC2)no1. The summed E-state index contributed by atoms with van der Waals surface area (Å²) in [4.78, 5) is 3.95. The van der Waals surface area contributed by atoms with Crippen LogP contribution in [0.5, 0.6) is 0 Å². The molecule has 0 atom stereocenters. The number of hydrogen-bond donors (Lipinski definition) is 2. The van der Waals surface area contributed by atoms with Gasteiger partial charge in [0.15, 0.2) is 5.82 Å². The van der Waals surface area contributed by atoms with Crippen molar-refractivity contribution < 1.29 is 12.9 Å². The maximum atomic E-state index is 11.9. The molecular formula is C10H18N4O3S. The molecule has 8 heteroatoms. The number of hydrogen-bond acceptors (Lipinski definition) is 6. The summed E-state index contributed by atoms with van der Waals surface area (Å²) in [6, 6.07) is 0. The predicted octanol–water partition coefficient (Wildman–Crippen LogP) is -0.203. The maximum Gasteiger partial charge on any atom is 0.223 e. The summed E-state index contributed by atoms with van der Waals surface area (Å²) in [5.74, 6) is 1.20. The Morgan fingerprint density at radius 3 is 2.78 bits per heavy atom. The van der Waals surface area contributed by atoms with Crippen LogP contribution < -0.4 is 10.0 Å². The lowest BCUT2D eigenvalue weighted by Crippen LogP contribution is -2.35. The molecule has 1 aromatic heterocycles. The molecule has 0 amide bonds. The summed E-state index contributed by atoms with van der Waals surface area (Å²) in [5, 5.41) is 6.86. The Morgan fingerprint density at radius 1 is 1.44 bits per heavy atom. The molecule has 0 radical (unpaired) electrons. The Hall–Kier alpha value is -0.990. The second-order valence-corrected chi connectivity index (χ2v) is 6.38. The normalized spacial score (nSPS) is 18.1. The summed E-state index contributed by atoms with van der Waals surface area (Å²) in [5.41, 5.74) is 0. The molecule has 2 N–H and O–H groups in total. The minimum atomic E-state index is -3.27. The highest BCUT2D eigenvalue weighted by atomic mass is 32.2. The smallest absolute Gasteiger partial charge is 0.223 e. The van der Waals surface area contributed by atoms with Gasteiger partial charge >= 0.3 is 0 Å². The van der Waals surface area contributed by atoms with Crippen molar-refractivity contribution in [3.8, 4) is 0 Å². The molecule has 0 bridgehead atoms. The summed E-state index contributed by atoms with van der Waals surface area (Å²) >= 11 is 0. The van der Waals surface area contributed by atoms with E-state index in [1.807, 2.05) is 0 Å². The highest BCUT2D eigenvalue weighted by molar-refractivity contribution is 7.89. The zero-order chi connectivity index (χ0) is 13.0. The number of nitrogens with zero attached hydrogens (tertiary/aromatic N) is 2. The van der Waals surface area contributed by atoms with Crippen molar-refractivity contribution in [1.82, 2.24) is 20.2 Å². The van der Waals surface area contributed by atoms with E-state index in [2.05, 4.69) is 20.2 Å². The summed E-state index contributed by atoms with van der Waals surface area (Å²) in [7, 11) is -3.27. The second kappa shape index (κ2) is 5.77. The van der Waals surface area contributed by atoms with Gasteiger partial charge in [0.1, 0.15) is 0 Å². The molecule has 0 spiro atoms. The van der Waals surface area contributed by atoms with E-state index in [4.69, 9.17) is 4.52 Å². The van der Waals surface area contributed by atoms with Gasteiger partial charge in [-0.3, -0.25) is 0 Å². The Labute approximate surface area is 106 Å². The number of rotatable bonds is 5. The van der Waals surface area contributed by atoms with Crippen LogP contribution in [0.15, 0.2) is 4.52 Å². The number of aromatic nitrogens is 2. The first kappa shape index (κ1) is 13.4. The highest BCUT2D eigenvalue weighted by Gasteiger charge is 2.21. The molecule has 1 fully saturated rings. The molecule has 1 saturated heterocycles. The van der Waals surface area contributed by atoms with Crippen molar-refractivity contribution in [3.63, 3.8) is 0 Å². The third-order valence-electron chi connectivity index (χ3n) is 2.93. The molecule has 2 rings (SSSR count). The van der Waals surface area contributed by atoms with Crippen LogP contribution in [0.1, 0.15) is 24.6 Å². The van der Waals surface area contributed by atoms with Crippen LogP contribution in [-0.2, 0) is 16.6 Å². The first-order valence-electron chi connectivity index (χ1n) is 6.02. The van der Waals surface area contributed by atoms with Crippen LogP contribution in [0.4, 0.5) is 0 Å². The van der Waals surface area contributed by atoms with Gasteiger partial charge in [0.05, 0.1) is 12.3 Å². The lowest BCUT2D eigenvalue weighted by molar-refractivity contribution is 0.386. The van der Waals surface area contributed by atoms with E-state index in [9.17, 15) is 8.42 Å². The highest BCUT2D eigenvalue weighted by Crippen LogP contribution is 2.13. The van der Waals surface area contributed by atoms with Crippen LogP contribution in [0.2, 0.25) is 0 Å². The van der Waals surface area contributed by atoms with Gasteiger partial charge in [0.2, 0.25) is 15.9 Å². The van der Waals surface area contributed by atoms with Crippen LogP contribution in [0.25, 0.3) is 0 Å². The molecule has 0 unspecified atom stereocenters. The lowest BCUT2D eigenvalue weighted by atomic mass is 10.0. The zero-order valence-corrected chi connectivity index (χ0v) is 11.2. The quantitative estimate of drug-likeness (QED) is 0.771. The fourth-order valence-electron chi connectivity index (χ4n) is 2.01. The van der Waals surface area contributed by atoms with Crippen LogP contribution >= 0.6 is 0 Å². The molecule has 1 aliphatic heterocycles. The van der Waals surface area contributed by atoms with Gasteiger partial charge < -0.3 is 9.84 Å². The van der Waals surface area contributed by atoms with Crippen molar-refractivity contribution >= 4 is 10.0 Å². The Bertz CT molecular complexity index is 479. The van der Waals surface area contributed by atoms with Gasteiger partial charge in [-0.15, -0.1) is 0 Å². The van der Waals surface area contributed by atoms with Gasteiger partial charge in [0.25, 0.3) is 0 Å². The zero-order valence-electron chi connectivity index (χ0n) is 10.3. The maximum absolute atomic E-state index is 11.9. The van der Waals surface area contributed by atoms with Crippen LogP contribution in [-0.4, -0.2) is 37.4 Å². The predicted molar refractivity (Wildman–Crippen MR) is 65.3 cm³/mol. The van der Waals surface area contributed by atoms with E-state index in [1.165, 1.54) is 0 Å². The van der Waals surface area contributed by atoms with Gasteiger partial charge in [-0.1, -0.05) is 5.16 Å². The van der Waals surface area contributed by atoms with Crippen molar-refractivity contribution in [2.45, 2.75) is 26.3 Å². The fourth-order valence-corrected chi connectivity index (χ4v) is 3.43. The summed E-state index contributed by atoms with van der Waals surface area (Å²) in [6.07, 6.45) is 1.81. The Balaban J connectivity index is 1.83. The van der Waals surface area contributed by atoms with Crippen LogP contribution in [0, 0.1) is 12.8 Å². The molecule has 2 heterocycles. The third kappa shape index (κ3) is 4.04. The average molecular weight is 274 g/mol. The lowest BCUT2D eigenvalue weighted by Gasteiger charge is -2.22. The van der Waals surface area contributed by atoms with E-state index >= 15 is 0 Å². The largest absolute Gasteiger partial charge is 0.340 e. The monoisotopic (exact) mass is 274 g/mol. The molecule has 102 valence electrons. The number of sulfonamides is 1. The van der Waals surface area contributed by atoms with E-state index in [-0.39, 0.29) is 18.2 Å². The van der Waals surface area contributed by atoms with Crippen molar-refractivity contribution in [3.05, 3.63) is 11.7 Å². The Morgan fingerprint density at radius 2 is 2.17 bits per heavy atom. The molecule has 0 aromatic carbocycles. The molecule has 7 nitrogen and oxygen atoms in total. The van der Waals surface area contributed by atoms with Crippen LogP contribution in [0.3, 0.4) is 0 Å². The molecule has 1 aromatic rings. The van der Waals surface area contributed by atoms with Crippen molar-refractivity contribution in [1.29, 1.82) is 0 Å². The molecule has 1 aliphatic rings. The van der Waals surface area contributed by atoms with Gasteiger partial charge in [-0.05, 0) is 31.8 Å². The average Bonchev–Trinajstić information content (AvgIpc) is 2.74. The fraction of sp³-hybridized carbons (Fsp3) is 0.800. The van der Waals surface area contributed by atoms with Gasteiger partial charge in [0, 0.05) is 6.92 Å². The minimum Gasteiger partial charge on any atom is -0.340 e. The number of nitrogens with one attached hydrogen (secondary N) is 2. The van der Waals surface area contributed by atoms with Crippen molar-refractivity contribution in [2.75, 3.05) is 18.8 Å². The van der Waals surface area contributed by atoms with Gasteiger partial charge in [-0.2, -0.15) is 4.98 Å². The summed E-state index contributed by atoms with van der Waals surface area (Å²) in [6.45, 7) is 3.54. The summed E-state index contributed by atoms with van der Waals surface area (Å²) < 4.78 is 31.0. The van der Waals surface area contributed by atoms with E-state index in [0.717, 1.165) is 25.9 Å². The third-order valence-corrected chi connectivity index (χ3v) is 4.43. The minimum absolute atomic E-state index is 0.0879. The van der Waals surface area contributed by atoms with E-state index in [1.54, 1.807) is 6.92 Å².